The van der Waals surface area contributed by atoms with Crippen molar-refractivity contribution in [1.82, 2.24) is 0 Å². The molecule has 1 aliphatic rings. The Morgan fingerprint density at radius 2 is 1.89 bits per heavy atom. The summed E-state index contributed by atoms with van der Waals surface area (Å²) in [7, 11) is 0. The standard InChI is InChI=1S/C19H18FN3O3S/c20-13-6-8-15(9-7-13)23-17(25)12-16(18(23)26)27-19(21-10-11-24)22-14-4-2-1-3-5-14/h1-9,16,24H,10-12H2,(H,21,22). The molecule has 0 aliphatic carbocycles. The van der Waals surface area contributed by atoms with Crippen LogP contribution in [0.1, 0.15) is 6.42 Å². The molecule has 0 spiro atoms. The zero-order valence-electron chi connectivity index (χ0n) is 14.3. The summed E-state index contributed by atoms with van der Waals surface area (Å²) >= 11 is 1.14. The van der Waals surface area contributed by atoms with Gasteiger partial charge < -0.3 is 10.4 Å². The summed E-state index contributed by atoms with van der Waals surface area (Å²) in [6.07, 6.45) is 0.0233. The number of amides is 2. The lowest BCUT2D eigenvalue weighted by atomic mass is 10.3. The lowest BCUT2D eigenvalue weighted by Gasteiger charge is -2.16. The van der Waals surface area contributed by atoms with Gasteiger partial charge in [-0.1, -0.05) is 30.0 Å². The zero-order valence-corrected chi connectivity index (χ0v) is 15.2. The highest BCUT2D eigenvalue weighted by Gasteiger charge is 2.40. The highest BCUT2D eigenvalue weighted by Crippen LogP contribution is 2.30. The van der Waals surface area contributed by atoms with Crippen LogP contribution in [0, 0.1) is 5.82 Å². The van der Waals surface area contributed by atoms with E-state index in [9.17, 15) is 14.0 Å². The van der Waals surface area contributed by atoms with Crippen LogP contribution in [-0.2, 0) is 9.59 Å². The minimum absolute atomic E-state index is 0.0233. The normalized spacial score (nSPS) is 17.5. The van der Waals surface area contributed by atoms with Crippen LogP contribution in [-0.4, -0.2) is 40.5 Å². The minimum atomic E-state index is -0.642. The van der Waals surface area contributed by atoms with Crippen LogP contribution in [0.5, 0.6) is 0 Å². The molecule has 8 heteroatoms. The number of aliphatic hydroxyl groups is 1. The summed E-state index contributed by atoms with van der Waals surface area (Å²) in [4.78, 5) is 30.4. The first-order valence-electron chi connectivity index (χ1n) is 8.35. The lowest BCUT2D eigenvalue weighted by Crippen LogP contribution is -2.31. The third-order valence-electron chi connectivity index (χ3n) is 3.82. The molecule has 0 saturated carbocycles. The van der Waals surface area contributed by atoms with E-state index in [1.807, 2.05) is 30.3 Å². The predicted octanol–water partition coefficient (Wildman–Crippen LogP) is 2.65. The fourth-order valence-corrected chi connectivity index (χ4v) is 3.64. The molecule has 140 valence electrons. The number of aliphatic imine (C=N–C) groups is 1. The van der Waals surface area contributed by atoms with Crippen LogP contribution in [0.2, 0.25) is 0 Å². The van der Waals surface area contributed by atoms with Gasteiger partial charge in [0.15, 0.2) is 5.17 Å². The maximum atomic E-state index is 13.1. The number of nitrogens with one attached hydrogen (secondary N) is 1. The van der Waals surface area contributed by atoms with Crippen LogP contribution in [0.3, 0.4) is 0 Å². The molecule has 0 radical (unpaired) electrons. The Kier molecular flexibility index (Phi) is 6.20. The fraction of sp³-hybridized carbons (Fsp3) is 0.211. The van der Waals surface area contributed by atoms with Crippen LogP contribution in [0.15, 0.2) is 59.6 Å². The first kappa shape index (κ1) is 19.1. The Bertz CT molecular complexity index is 843. The first-order valence-corrected chi connectivity index (χ1v) is 9.23. The molecule has 2 aromatic carbocycles. The van der Waals surface area contributed by atoms with Gasteiger partial charge >= 0.3 is 0 Å². The van der Waals surface area contributed by atoms with Crippen LogP contribution in [0.4, 0.5) is 15.8 Å². The average molecular weight is 387 g/mol. The molecular weight excluding hydrogens is 369 g/mol. The van der Waals surface area contributed by atoms with Crippen molar-refractivity contribution in [3.8, 4) is 0 Å². The maximum Gasteiger partial charge on any atom is 0.247 e. The van der Waals surface area contributed by atoms with Crippen molar-refractivity contribution in [3.05, 3.63) is 60.4 Å². The summed E-state index contributed by atoms with van der Waals surface area (Å²) in [5.41, 5.74) is 1.13. The molecule has 1 unspecified atom stereocenters. The second-order valence-electron chi connectivity index (χ2n) is 5.76. The highest BCUT2D eigenvalue weighted by atomic mass is 32.2. The first-order chi connectivity index (χ1) is 13.1. The molecule has 2 amide bonds. The van der Waals surface area contributed by atoms with Crippen molar-refractivity contribution in [2.45, 2.75) is 11.7 Å². The number of imide groups is 1. The molecule has 2 aromatic rings. The Hall–Kier alpha value is -2.71. The number of anilines is 2. The van der Waals surface area contributed by atoms with Crippen molar-refractivity contribution in [1.29, 1.82) is 0 Å². The smallest absolute Gasteiger partial charge is 0.247 e. The number of carbonyl (C=O) groups excluding carboxylic acids is 2. The Labute approximate surface area is 160 Å². The van der Waals surface area contributed by atoms with Crippen molar-refractivity contribution < 1.29 is 19.1 Å². The number of carbonyl (C=O) groups is 2. The molecule has 6 nitrogen and oxygen atoms in total. The molecule has 27 heavy (non-hydrogen) atoms. The molecule has 1 saturated heterocycles. The molecule has 1 atom stereocenters. The Morgan fingerprint density at radius 3 is 2.56 bits per heavy atom. The monoisotopic (exact) mass is 387 g/mol. The Balaban J connectivity index is 1.75. The number of para-hydroxylation sites is 1. The van der Waals surface area contributed by atoms with E-state index in [-0.39, 0.29) is 31.4 Å². The van der Waals surface area contributed by atoms with E-state index in [0.717, 1.165) is 22.3 Å². The van der Waals surface area contributed by atoms with Gasteiger partial charge in [0, 0.05) is 12.1 Å². The predicted molar refractivity (Wildman–Crippen MR) is 104 cm³/mol. The summed E-state index contributed by atoms with van der Waals surface area (Å²) in [5.74, 6) is -1.15. The Morgan fingerprint density at radius 1 is 1.19 bits per heavy atom. The molecule has 3 rings (SSSR count). The van der Waals surface area contributed by atoms with Crippen LogP contribution >= 0.6 is 11.8 Å². The van der Waals surface area contributed by atoms with E-state index in [1.165, 1.54) is 24.3 Å². The minimum Gasteiger partial charge on any atom is -0.394 e. The number of thioether (sulfide) groups is 1. The molecule has 1 heterocycles. The highest BCUT2D eigenvalue weighted by molar-refractivity contribution is 8.15. The van der Waals surface area contributed by atoms with E-state index < -0.39 is 11.1 Å². The second kappa shape index (κ2) is 8.79. The van der Waals surface area contributed by atoms with Gasteiger partial charge in [-0.2, -0.15) is 0 Å². The average Bonchev–Trinajstić information content (AvgIpc) is 2.95. The number of hydrogen-bond acceptors (Lipinski definition) is 5. The number of rotatable bonds is 5. The van der Waals surface area contributed by atoms with Crippen molar-refractivity contribution in [3.63, 3.8) is 0 Å². The third kappa shape index (κ3) is 4.72. The largest absolute Gasteiger partial charge is 0.394 e. The number of amidine groups is 1. The van der Waals surface area contributed by atoms with Crippen LogP contribution in [0.25, 0.3) is 0 Å². The number of halogens is 1. The summed E-state index contributed by atoms with van der Waals surface area (Å²) < 4.78 is 13.1. The van der Waals surface area contributed by atoms with E-state index in [4.69, 9.17) is 5.11 Å². The third-order valence-corrected chi connectivity index (χ3v) is 4.93. The quantitative estimate of drug-likeness (QED) is 0.468. The second-order valence-corrected chi connectivity index (χ2v) is 6.95. The fourth-order valence-electron chi connectivity index (χ4n) is 2.60. The number of benzene rings is 2. The van der Waals surface area contributed by atoms with Gasteiger partial charge in [-0.3, -0.25) is 14.6 Å². The van der Waals surface area contributed by atoms with Crippen molar-refractivity contribution >= 4 is 40.1 Å². The van der Waals surface area contributed by atoms with Gasteiger partial charge in [0.1, 0.15) is 11.1 Å². The summed E-state index contributed by atoms with van der Waals surface area (Å²) in [6, 6.07) is 14.5. The molecular formula is C19H18FN3O3S. The topological polar surface area (TPSA) is 82.0 Å². The van der Waals surface area contributed by atoms with Gasteiger partial charge in [0.25, 0.3) is 0 Å². The molecule has 1 fully saturated rings. The van der Waals surface area contributed by atoms with Gasteiger partial charge in [0.05, 0.1) is 18.8 Å². The molecule has 0 bridgehead atoms. The number of nitrogens with zero attached hydrogens (tertiary/aromatic N) is 2. The zero-order chi connectivity index (χ0) is 19.2. The molecule has 1 aliphatic heterocycles. The van der Waals surface area contributed by atoms with E-state index >= 15 is 0 Å². The van der Waals surface area contributed by atoms with Gasteiger partial charge in [0.2, 0.25) is 11.8 Å². The van der Waals surface area contributed by atoms with Gasteiger partial charge in [-0.05, 0) is 36.4 Å². The van der Waals surface area contributed by atoms with E-state index in [2.05, 4.69) is 10.3 Å². The van der Waals surface area contributed by atoms with Crippen molar-refractivity contribution in [2.75, 3.05) is 23.4 Å². The van der Waals surface area contributed by atoms with Crippen LogP contribution < -0.4 is 10.2 Å². The lowest BCUT2D eigenvalue weighted by molar-refractivity contribution is -0.121. The number of aliphatic hydroxyl groups excluding tert-OH is 1. The SMILES string of the molecule is O=C1CC(SC(=NCCO)Nc2ccccc2)C(=O)N1c1ccc(F)cc1. The maximum absolute atomic E-state index is 13.1. The summed E-state index contributed by atoms with van der Waals surface area (Å²) in [6.45, 7) is 0.0540. The number of hydrogen-bond donors (Lipinski definition) is 2. The summed E-state index contributed by atoms with van der Waals surface area (Å²) in [5, 5.41) is 12.0. The van der Waals surface area contributed by atoms with E-state index in [1.54, 1.807) is 0 Å². The van der Waals surface area contributed by atoms with Gasteiger partial charge in [-0.15, -0.1) is 0 Å². The van der Waals surface area contributed by atoms with Gasteiger partial charge in [-0.25, -0.2) is 9.29 Å². The van der Waals surface area contributed by atoms with E-state index in [0.29, 0.717) is 10.9 Å². The molecule has 2 N–H and O–H groups in total. The molecule has 0 aromatic heterocycles. The van der Waals surface area contributed by atoms with Crippen molar-refractivity contribution in [2.24, 2.45) is 4.99 Å².